The Morgan fingerprint density at radius 2 is 1.84 bits per heavy atom. The highest BCUT2D eigenvalue weighted by Gasteiger charge is 2.26. The van der Waals surface area contributed by atoms with Crippen LogP contribution in [0.1, 0.15) is 77.8 Å². The minimum atomic E-state index is -1.000. The van der Waals surface area contributed by atoms with E-state index in [1.807, 2.05) is 28.9 Å². The molecule has 0 radical (unpaired) electrons. The van der Waals surface area contributed by atoms with Crippen molar-refractivity contribution >= 4 is 11.8 Å². The molecule has 1 aliphatic rings. The van der Waals surface area contributed by atoms with Gasteiger partial charge in [-0.3, -0.25) is 9.78 Å². The van der Waals surface area contributed by atoms with Gasteiger partial charge >= 0.3 is 5.97 Å². The Kier molecular flexibility index (Phi) is 6.73. The Bertz CT molecular complexity index is 1100. The van der Waals surface area contributed by atoms with Gasteiger partial charge in [0.15, 0.2) is 0 Å². The standard InChI is InChI=1S/C25H28N4O3/c1-2-14-29-22(27-24(28-29)23(30)19-6-4-3-5-7-19)15-17-8-10-18(11-9-17)20-12-13-26-16-21(20)25(31)32/h8-13,16,19H,2-7,14-15H2,1H3,(H,31,32). The third-order valence-corrected chi connectivity index (χ3v) is 6.06. The Hall–Kier alpha value is -3.35. The molecule has 0 aliphatic heterocycles. The first-order chi connectivity index (χ1) is 15.6. The molecule has 7 heteroatoms. The molecule has 0 bridgehead atoms. The number of aromatic carboxylic acids is 1. The van der Waals surface area contributed by atoms with Crippen LogP contribution in [-0.4, -0.2) is 36.6 Å². The molecule has 7 nitrogen and oxygen atoms in total. The summed E-state index contributed by atoms with van der Waals surface area (Å²) in [5.74, 6) is 0.265. The number of rotatable bonds is 8. The van der Waals surface area contributed by atoms with Gasteiger partial charge in [-0.05, 0) is 42.0 Å². The lowest BCUT2D eigenvalue weighted by atomic mass is 9.86. The molecular weight excluding hydrogens is 404 g/mol. The van der Waals surface area contributed by atoms with E-state index in [-0.39, 0.29) is 17.3 Å². The van der Waals surface area contributed by atoms with E-state index in [1.54, 1.807) is 12.3 Å². The fourth-order valence-corrected chi connectivity index (χ4v) is 4.35. The number of hydrogen-bond donors (Lipinski definition) is 1. The lowest BCUT2D eigenvalue weighted by Gasteiger charge is -2.18. The Labute approximate surface area is 187 Å². The van der Waals surface area contributed by atoms with Crippen LogP contribution in [0.5, 0.6) is 0 Å². The molecule has 3 aromatic rings. The number of aromatic nitrogens is 4. The summed E-state index contributed by atoms with van der Waals surface area (Å²) in [5.41, 5.74) is 2.65. The van der Waals surface area contributed by atoms with Gasteiger partial charge in [0.05, 0.1) is 5.56 Å². The molecule has 0 amide bonds. The second kappa shape index (κ2) is 9.85. The number of carbonyl (C=O) groups is 2. The van der Waals surface area contributed by atoms with Crippen molar-refractivity contribution in [3.05, 3.63) is 65.5 Å². The molecule has 1 fully saturated rings. The highest BCUT2D eigenvalue weighted by molar-refractivity contribution is 5.95. The Morgan fingerprint density at radius 3 is 2.53 bits per heavy atom. The molecule has 1 aromatic carbocycles. The number of nitrogens with zero attached hydrogens (tertiary/aromatic N) is 4. The van der Waals surface area contributed by atoms with E-state index in [9.17, 15) is 14.7 Å². The van der Waals surface area contributed by atoms with Crippen molar-refractivity contribution < 1.29 is 14.7 Å². The van der Waals surface area contributed by atoms with Crippen molar-refractivity contribution in [1.29, 1.82) is 0 Å². The maximum atomic E-state index is 12.9. The zero-order chi connectivity index (χ0) is 22.5. The van der Waals surface area contributed by atoms with Crippen LogP contribution in [0.4, 0.5) is 0 Å². The molecule has 0 unspecified atom stereocenters. The molecule has 0 saturated heterocycles. The van der Waals surface area contributed by atoms with Gasteiger partial charge in [-0.1, -0.05) is 50.5 Å². The van der Waals surface area contributed by atoms with Crippen LogP contribution >= 0.6 is 0 Å². The van der Waals surface area contributed by atoms with Gasteiger partial charge < -0.3 is 5.11 Å². The van der Waals surface area contributed by atoms with Crippen LogP contribution in [0, 0.1) is 5.92 Å². The number of ketones is 1. The lowest BCUT2D eigenvalue weighted by molar-refractivity contribution is 0.0697. The molecule has 4 rings (SSSR count). The predicted molar refractivity (Wildman–Crippen MR) is 121 cm³/mol. The minimum absolute atomic E-state index is 0.0529. The molecule has 1 saturated carbocycles. The first-order valence-corrected chi connectivity index (χ1v) is 11.3. The fourth-order valence-electron chi connectivity index (χ4n) is 4.35. The number of pyridine rings is 1. The number of aryl methyl sites for hydroxylation is 1. The highest BCUT2D eigenvalue weighted by Crippen LogP contribution is 2.27. The minimum Gasteiger partial charge on any atom is -0.478 e. The number of hydrogen-bond acceptors (Lipinski definition) is 5. The molecule has 2 aromatic heterocycles. The molecule has 0 atom stereocenters. The summed E-state index contributed by atoms with van der Waals surface area (Å²) in [6, 6.07) is 9.46. The molecular formula is C25H28N4O3. The van der Waals surface area contributed by atoms with Gasteiger partial charge in [0.2, 0.25) is 11.6 Å². The van der Waals surface area contributed by atoms with Crippen LogP contribution in [0.3, 0.4) is 0 Å². The largest absolute Gasteiger partial charge is 0.478 e. The molecule has 32 heavy (non-hydrogen) atoms. The van der Waals surface area contributed by atoms with Gasteiger partial charge in [-0.25, -0.2) is 14.5 Å². The van der Waals surface area contributed by atoms with E-state index in [2.05, 4.69) is 22.0 Å². The number of carbonyl (C=O) groups excluding carboxylic acids is 1. The number of carboxylic acid groups (broad SMARTS) is 1. The molecule has 1 aliphatic carbocycles. The van der Waals surface area contributed by atoms with Gasteiger partial charge in [0.1, 0.15) is 5.82 Å². The van der Waals surface area contributed by atoms with Gasteiger partial charge in [-0.2, -0.15) is 0 Å². The van der Waals surface area contributed by atoms with Gasteiger partial charge in [0.25, 0.3) is 0 Å². The summed E-state index contributed by atoms with van der Waals surface area (Å²) >= 11 is 0. The monoisotopic (exact) mass is 432 g/mol. The maximum absolute atomic E-state index is 12.9. The Morgan fingerprint density at radius 1 is 1.09 bits per heavy atom. The second-order valence-electron chi connectivity index (χ2n) is 8.37. The topological polar surface area (TPSA) is 98.0 Å². The van der Waals surface area contributed by atoms with E-state index < -0.39 is 5.97 Å². The van der Waals surface area contributed by atoms with Crippen molar-refractivity contribution in [2.24, 2.45) is 5.92 Å². The number of carboxylic acids is 1. The number of Topliss-reactive ketones (excluding diaryl/α,β-unsaturated/α-hetero) is 1. The van der Waals surface area contributed by atoms with E-state index in [0.29, 0.717) is 17.8 Å². The third kappa shape index (κ3) is 4.77. The lowest BCUT2D eigenvalue weighted by Crippen LogP contribution is -2.19. The van der Waals surface area contributed by atoms with Gasteiger partial charge in [-0.15, -0.1) is 5.10 Å². The number of benzene rings is 1. The molecule has 1 N–H and O–H groups in total. The smallest absolute Gasteiger partial charge is 0.337 e. The summed E-state index contributed by atoms with van der Waals surface area (Å²) in [7, 11) is 0. The highest BCUT2D eigenvalue weighted by atomic mass is 16.4. The van der Waals surface area contributed by atoms with Gasteiger partial charge in [0, 0.05) is 31.3 Å². The van der Waals surface area contributed by atoms with Crippen molar-refractivity contribution in [3.63, 3.8) is 0 Å². The van der Waals surface area contributed by atoms with Crippen LogP contribution < -0.4 is 0 Å². The van der Waals surface area contributed by atoms with E-state index in [0.717, 1.165) is 55.6 Å². The summed E-state index contributed by atoms with van der Waals surface area (Å²) in [4.78, 5) is 33.0. The van der Waals surface area contributed by atoms with Crippen molar-refractivity contribution in [2.45, 2.75) is 58.4 Å². The van der Waals surface area contributed by atoms with Crippen molar-refractivity contribution in [3.8, 4) is 11.1 Å². The molecule has 0 spiro atoms. The summed E-state index contributed by atoms with van der Waals surface area (Å²) < 4.78 is 1.86. The summed E-state index contributed by atoms with van der Waals surface area (Å²) in [6.07, 6.45) is 9.71. The average Bonchev–Trinajstić information content (AvgIpc) is 3.22. The fraction of sp³-hybridized carbons (Fsp3) is 0.400. The van der Waals surface area contributed by atoms with Crippen LogP contribution in [0.15, 0.2) is 42.7 Å². The van der Waals surface area contributed by atoms with Crippen LogP contribution in [0.25, 0.3) is 11.1 Å². The third-order valence-electron chi connectivity index (χ3n) is 6.06. The molecule has 166 valence electrons. The first-order valence-electron chi connectivity index (χ1n) is 11.3. The normalized spacial score (nSPS) is 14.4. The average molecular weight is 433 g/mol. The first kappa shape index (κ1) is 21.9. The molecule has 2 heterocycles. The van der Waals surface area contributed by atoms with Crippen molar-refractivity contribution in [1.82, 2.24) is 19.7 Å². The zero-order valence-electron chi connectivity index (χ0n) is 18.3. The van der Waals surface area contributed by atoms with E-state index in [4.69, 9.17) is 0 Å². The van der Waals surface area contributed by atoms with E-state index in [1.165, 1.54) is 12.6 Å². The zero-order valence-corrected chi connectivity index (χ0v) is 18.3. The van der Waals surface area contributed by atoms with Crippen LogP contribution in [-0.2, 0) is 13.0 Å². The van der Waals surface area contributed by atoms with Crippen LogP contribution in [0.2, 0.25) is 0 Å². The van der Waals surface area contributed by atoms with Crippen molar-refractivity contribution in [2.75, 3.05) is 0 Å². The second-order valence-corrected chi connectivity index (χ2v) is 8.37. The van der Waals surface area contributed by atoms with E-state index >= 15 is 0 Å². The Balaban J connectivity index is 1.55. The predicted octanol–water partition coefficient (Wildman–Crippen LogP) is 4.80. The quantitative estimate of drug-likeness (QED) is 0.513. The maximum Gasteiger partial charge on any atom is 0.337 e. The summed E-state index contributed by atoms with van der Waals surface area (Å²) in [6.45, 7) is 2.80. The SMILES string of the molecule is CCCn1nc(C(=O)C2CCCCC2)nc1Cc1ccc(-c2ccncc2C(=O)O)cc1. The summed E-state index contributed by atoms with van der Waals surface area (Å²) in [5, 5.41) is 14.0.